The molecule has 2 fully saturated rings. The standard InChI is InChI=1S/C13H19N3O2S/c1-9-6-15-4-2-3-11(15)7-16(9)13-14-10(8-19-13)5-12(17)18/h8-9,11H,2-7H2,1H3,(H,17,18). The highest BCUT2D eigenvalue weighted by atomic mass is 32.1. The van der Waals surface area contributed by atoms with Gasteiger partial charge in [0.2, 0.25) is 0 Å². The van der Waals surface area contributed by atoms with Crippen LogP contribution in [0.4, 0.5) is 5.13 Å². The van der Waals surface area contributed by atoms with Crippen molar-refractivity contribution in [3.63, 3.8) is 0 Å². The number of nitrogens with zero attached hydrogens (tertiary/aromatic N) is 3. The molecule has 6 heteroatoms. The van der Waals surface area contributed by atoms with Crippen LogP contribution in [0.3, 0.4) is 0 Å². The number of aromatic nitrogens is 1. The van der Waals surface area contributed by atoms with E-state index >= 15 is 0 Å². The van der Waals surface area contributed by atoms with Gasteiger partial charge in [0.25, 0.3) is 0 Å². The van der Waals surface area contributed by atoms with Crippen LogP contribution in [0.5, 0.6) is 0 Å². The maximum atomic E-state index is 10.7. The van der Waals surface area contributed by atoms with Crippen molar-refractivity contribution in [2.75, 3.05) is 24.5 Å². The van der Waals surface area contributed by atoms with Crippen molar-refractivity contribution < 1.29 is 9.90 Å². The molecule has 1 N–H and O–H groups in total. The molecule has 2 atom stereocenters. The van der Waals surface area contributed by atoms with E-state index in [0.29, 0.717) is 17.8 Å². The molecule has 0 spiro atoms. The van der Waals surface area contributed by atoms with Crippen LogP contribution >= 0.6 is 11.3 Å². The Bertz CT molecular complexity index is 476. The van der Waals surface area contributed by atoms with Crippen LogP contribution in [0.15, 0.2) is 5.38 Å². The number of aliphatic carboxylic acids is 1. The van der Waals surface area contributed by atoms with E-state index in [0.717, 1.165) is 18.2 Å². The van der Waals surface area contributed by atoms with Crippen LogP contribution in [0.1, 0.15) is 25.5 Å². The summed E-state index contributed by atoms with van der Waals surface area (Å²) in [5.41, 5.74) is 0.675. The second-order valence-electron chi connectivity index (χ2n) is 5.48. The number of fused-ring (bicyclic) bond motifs is 1. The highest BCUT2D eigenvalue weighted by Gasteiger charge is 2.35. The first-order chi connectivity index (χ1) is 9.13. The van der Waals surface area contributed by atoms with E-state index in [4.69, 9.17) is 5.11 Å². The summed E-state index contributed by atoms with van der Waals surface area (Å²) in [5.74, 6) is -0.814. The molecule has 3 heterocycles. The summed E-state index contributed by atoms with van der Waals surface area (Å²) in [6.07, 6.45) is 2.60. The Hall–Kier alpha value is -1.14. The lowest BCUT2D eigenvalue weighted by atomic mass is 10.1. The second-order valence-corrected chi connectivity index (χ2v) is 6.32. The van der Waals surface area contributed by atoms with Crippen molar-refractivity contribution in [2.24, 2.45) is 0 Å². The number of carboxylic acids is 1. The Balaban J connectivity index is 1.73. The maximum absolute atomic E-state index is 10.7. The van der Waals surface area contributed by atoms with Gasteiger partial charge in [-0.1, -0.05) is 0 Å². The normalized spacial score (nSPS) is 27.5. The van der Waals surface area contributed by atoms with E-state index in [1.54, 1.807) is 11.3 Å². The van der Waals surface area contributed by atoms with Crippen molar-refractivity contribution >= 4 is 22.4 Å². The van der Waals surface area contributed by atoms with Gasteiger partial charge in [0.05, 0.1) is 12.1 Å². The third kappa shape index (κ3) is 2.60. The van der Waals surface area contributed by atoms with Gasteiger partial charge < -0.3 is 10.0 Å². The lowest BCUT2D eigenvalue weighted by Crippen LogP contribution is -2.55. The lowest BCUT2D eigenvalue weighted by molar-refractivity contribution is -0.136. The average Bonchev–Trinajstić information content (AvgIpc) is 2.95. The molecule has 0 bridgehead atoms. The van der Waals surface area contributed by atoms with E-state index in [1.807, 2.05) is 5.38 Å². The molecule has 1 aromatic heterocycles. The minimum Gasteiger partial charge on any atom is -0.481 e. The molecule has 0 saturated carbocycles. The smallest absolute Gasteiger partial charge is 0.309 e. The lowest BCUT2D eigenvalue weighted by Gasteiger charge is -2.42. The fourth-order valence-electron chi connectivity index (χ4n) is 3.12. The molecule has 0 radical (unpaired) electrons. The molecule has 2 saturated heterocycles. The highest BCUT2D eigenvalue weighted by Crippen LogP contribution is 2.30. The van der Waals surface area contributed by atoms with Gasteiger partial charge in [0.1, 0.15) is 0 Å². The van der Waals surface area contributed by atoms with Crippen LogP contribution in [0.25, 0.3) is 0 Å². The molecular weight excluding hydrogens is 262 g/mol. The Kier molecular flexibility index (Phi) is 3.45. The predicted octanol–water partition coefficient (Wildman–Crippen LogP) is 1.44. The third-order valence-electron chi connectivity index (χ3n) is 4.05. The fourth-order valence-corrected chi connectivity index (χ4v) is 4.06. The Morgan fingerprint density at radius 2 is 2.42 bits per heavy atom. The SMILES string of the molecule is CC1CN2CCCC2CN1c1nc(CC(=O)O)cs1. The van der Waals surface area contributed by atoms with E-state index in [-0.39, 0.29) is 6.42 Å². The number of anilines is 1. The topological polar surface area (TPSA) is 56.7 Å². The molecule has 19 heavy (non-hydrogen) atoms. The first-order valence-corrected chi connectivity index (χ1v) is 7.68. The number of carboxylic acid groups (broad SMARTS) is 1. The quantitative estimate of drug-likeness (QED) is 0.908. The first kappa shape index (κ1) is 12.9. The van der Waals surface area contributed by atoms with Gasteiger partial charge in [0.15, 0.2) is 5.13 Å². The molecule has 2 aliphatic heterocycles. The highest BCUT2D eigenvalue weighted by molar-refractivity contribution is 7.13. The number of carbonyl (C=O) groups is 1. The van der Waals surface area contributed by atoms with Crippen LogP contribution < -0.4 is 4.90 Å². The van der Waals surface area contributed by atoms with Crippen molar-refractivity contribution in [3.05, 3.63) is 11.1 Å². The van der Waals surface area contributed by atoms with Crippen LogP contribution in [0, 0.1) is 0 Å². The zero-order valence-corrected chi connectivity index (χ0v) is 11.9. The fraction of sp³-hybridized carbons (Fsp3) is 0.692. The first-order valence-electron chi connectivity index (χ1n) is 6.80. The molecular formula is C13H19N3O2S. The van der Waals surface area contributed by atoms with Crippen molar-refractivity contribution in [3.8, 4) is 0 Å². The monoisotopic (exact) mass is 281 g/mol. The number of hydrogen-bond acceptors (Lipinski definition) is 5. The summed E-state index contributed by atoms with van der Waals surface area (Å²) < 4.78 is 0. The van der Waals surface area contributed by atoms with Crippen LogP contribution in [-0.2, 0) is 11.2 Å². The predicted molar refractivity (Wildman–Crippen MR) is 74.9 cm³/mol. The number of piperazine rings is 1. The van der Waals surface area contributed by atoms with Crippen molar-refractivity contribution in [2.45, 2.75) is 38.3 Å². The Labute approximate surface area is 116 Å². The number of rotatable bonds is 3. The average molecular weight is 281 g/mol. The summed E-state index contributed by atoms with van der Waals surface area (Å²) in [5, 5.41) is 11.7. The van der Waals surface area contributed by atoms with Crippen molar-refractivity contribution in [1.82, 2.24) is 9.88 Å². The molecule has 5 nitrogen and oxygen atoms in total. The van der Waals surface area contributed by atoms with Gasteiger partial charge in [-0.05, 0) is 26.3 Å². The molecule has 0 amide bonds. The largest absolute Gasteiger partial charge is 0.481 e. The molecule has 104 valence electrons. The van der Waals surface area contributed by atoms with E-state index in [1.165, 1.54) is 19.4 Å². The summed E-state index contributed by atoms with van der Waals surface area (Å²) in [4.78, 5) is 20.1. The zero-order chi connectivity index (χ0) is 13.4. The van der Waals surface area contributed by atoms with Gasteiger partial charge >= 0.3 is 5.97 Å². The van der Waals surface area contributed by atoms with Gasteiger partial charge in [-0.3, -0.25) is 9.69 Å². The summed E-state index contributed by atoms with van der Waals surface area (Å²) >= 11 is 1.57. The molecule has 3 rings (SSSR count). The minimum absolute atomic E-state index is 0.0221. The van der Waals surface area contributed by atoms with E-state index in [9.17, 15) is 4.79 Å². The van der Waals surface area contributed by atoms with Crippen LogP contribution in [-0.4, -0.2) is 52.7 Å². The van der Waals surface area contributed by atoms with Gasteiger partial charge in [-0.2, -0.15) is 0 Å². The maximum Gasteiger partial charge on any atom is 0.309 e. The summed E-state index contributed by atoms with van der Waals surface area (Å²) in [6.45, 7) is 5.58. The number of thiazole rings is 1. The van der Waals surface area contributed by atoms with Crippen molar-refractivity contribution in [1.29, 1.82) is 0 Å². The third-order valence-corrected chi connectivity index (χ3v) is 4.98. The minimum atomic E-state index is -0.814. The van der Waals surface area contributed by atoms with Gasteiger partial charge in [-0.15, -0.1) is 11.3 Å². The zero-order valence-electron chi connectivity index (χ0n) is 11.1. The second kappa shape index (κ2) is 5.09. The Morgan fingerprint density at radius 1 is 1.58 bits per heavy atom. The van der Waals surface area contributed by atoms with Gasteiger partial charge in [0, 0.05) is 30.6 Å². The molecule has 1 aromatic rings. The molecule has 2 unspecified atom stereocenters. The molecule has 0 aliphatic carbocycles. The van der Waals surface area contributed by atoms with Crippen LogP contribution in [0.2, 0.25) is 0 Å². The summed E-state index contributed by atoms with van der Waals surface area (Å²) in [7, 11) is 0. The number of hydrogen-bond donors (Lipinski definition) is 1. The molecule has 2 aliphatic rings. The Morgan fingerprint density at radius 3 is 3.21 bits per heavy atom. The summed E-state index contributed by atoms with van der Waals surface area (Å²) in [6, 6.07) is 1.11. The van der Waals surface area contributed by atoms with Gasteiger partial charge in [-0.25, -0.2) is 4.98 Å². The molecule has 0 aromatic carbocycles. The van der Waals surface area contributed by atoms with E-state index < -0.39 is 5.97 Å². The van der Waals surface area contributed by atoms with E-state index in [2.05, 4.69) is 21.7 Å².